The van der Waals surface area contributed by atoms with E-state index < -0.39 is 0 Å². The second kappa shape index (κ2) is 9.40. The number of nitrogen functional groups attached to an aromatic ring is 1. The minimum Gasteiger partial charge on any atom is -0.399 e. The van der Waals surface area contributed by atoms with Crippen molar-refractivity contribution in [2.45, 2.75) is 65.3 Å². The van der Waals surface area contributed by atoms with E-state index in [9.17, 15) is 4.79 Å². The Bertz CT molecular complexity index is 415. The summed E-state index contributed by atoms with van der Waals surface area (Å²) in [6.07, 6.45) is 7.89. The van der Waals surface area contributed by atoms with Crippen molar-refractivity contribution >= 4 is 11.6 Å². The number of anilines is 1. The lowest BCUT2D eigenvalue weighted by Crippen LogP contribution is -2.22. The summed E-state index contributed by atoms with van der Waals surface area (Å²) in [6.45, 7) is 4.78. The number of amides is 1. The Kier molecular flexibility index (Phi) is 7.78. The van der Waals surface area contributed by atoms with Crippen molar-refractivity contribution in [2.75, 3.05) is 5.73 Å². The lowest BCUT2D eigenvalue weighted by molar-refractivity contribution is -0.121. The number of unbranched alkanes of at least 4 members (excludes halogenated alkanes) is 5. The number of benzene rings is 1. The van der Waals surface area contributed by atoms with Gasteiger partial charge in [0, 0.05) is 18.7 Å². The third-order valence-electron chi connectivity index (χ3n) is 3.72. The highest BCUT2D eigenvalue weighted by Gasteiger charge is 2.04. The SMILES string of the molecule is CCCCCCCCC(=O)NCc1cccc(N)c1C. The molecule has 0 spiro atoms. The predicted molar refractivity (Wildman–Crippen MR) is 85.4 cm³/mol. The molecule has 1 aromatic carbocycles. The van der Waals surface area contributed by atoms with Crippen LogP contribution in [-0.2, 0) is 11.3 Å². The Morgan fingerprint density at radius 2 is 1.85 bits per heavy atom. The van der Waals surface area contributed by atoms with Crippen molar-refractivity contribution in [3.05, 3.63) is 29.3 Å². The van der Waals surface area contributed by atoms with Gasteiger partial charge in [-0.15, -0.1) is 0 Å². The highest BCUT2D eigenvalue weighted by atomic mass is 16.1. The molecular formula is C17H28N2O. The fraction of sp³-hybridized carbons (Fsp3) is 0.588. The predicted octanol–water partition coefficient (Wildman–Crippen LogP) is 3.94. The van der Waals surface area contributed by atoms with Gasteiger partial charge in [0.1, 0.15) is 0 Å². The van der Waals surface area contributed by atoms with E-state index in [0.717, 1.165) is 29.7 Å². The van der Waals surface area contributed by atoms with E-state index in [2.05, 4.69) is 12.2 Å². The van der Waals surface area contributed by atoms with Gasteiger partial charge in [0.05, 0.1) is 0 Å². The number of hydrogen-bond acceptors (Lipinski definition) is 2. The van der Waals surface area contributed by atoms with Crippen LogP contribution in [0.15, 0.2) is 18.2 Å². The first-order valence-corrected chi connectivity index (χ1v) is 7.75. The van der Waals surface area contributed by atoms with E-state index >= 15 is 0 Å². The van der Waals surface area contributed by atoms with Crippen LogP contribution >= 0.6 is 0 Å². The summed E-state index contributed by atoms with van der Waals surface area (Å²) < 4.78 is 0. The van der Waals surface area contributed by atoms with Crippen LogP contribution in [0.5, 0.6) is 0 Å². The Hall–Kier alpha value is -1.51. The Morgan fingerprint density at radius 3 is 2.60 bits per heavy atom. The van der Waals surface area contributed by atoms with E-state index in [0.29, 0.717) is 13.0 Å². The van der Waals surface area contributed by atoms with Gasteiger partial charge in [-0.25, -0.2) is 0 Å². The molecule has 0 unspecified atom stereocenters. The monoisotopic (exact) mass is 276 g/mol. The zero-order valence-electron chi connectivity index (χ0n) is 12.9. The lowest BCUT2D eigenvalue weighted by Gasteiger charge is -2.09. The first-order chi connectivity index (χ1) is 9.65. The normalized spacial score (nSPS) is 10.5. The molecule has 1 aromatic rings. The third kappa shape index (κ3) is 6.09. The molecule has 0 saturated heterocycles. The molecule has 0 aliphatic heterocycles. The summed E-state index contributed by atoms with van der Waals surface area (Å²) >= 11 is 0. The van der Waals surface area contributed by atoms with Crippen molar-refractivity contribution in [1.29, 1.82) is 0 Å². The highest BCUT2D eigenvalue weighted by Crippen LogP contribution is 2.15. The van der Waals surface area contributed by atoms with Gasteiger partial charge in [-0.3, -0.25) is 4.79 Å². The average molecular weight is 276 g/mol. The molecule has 3 nitrogen and oxygen atoms in total. The Morgan fingerprint density at radius 1 is 1.15 bits per heavy atom. The molecule has 112 valence electrons. The summed E-state index contributed by atoms with van der Waals surface area (Å²) in [5.74, 6) is 0.141. The molecular weight excluding hydrogens is 248 g/mol. The first kappa shape index (κ1) is 16.5. The summed E-state index contributed by atoms with van der Waals surface area (Å²) in [5, 5.41) is 2.97. The maximum Gasteiger partial charge on any atom is 0.220 e. The van der Waals surface area contributed by atoms with Crippen molar-refractivity contribution in [3.8, 4) is 0 Å². The van der Waals surface area contributed by atoms with E-state index in [1.54, 1.807) is 0 Å². The van der Waals surface area contributed by atoms with Crippen LogP contribution in [0.4, 0.5) is 5.69 Å². The molecule has 3 N–H and O–H groups in total. The molecule has 0 aliphatic carbocycles. The Balaban J connectivity index is 2.18. The van der Waals surface area contributed by atoms with Crippen LogP contribution in [0.2, 0.25) is 0 Å². The number of rotatable bonds is 9. The molecule has 1 amide bonds. The van der Waals surface area contributed by atoms with Crippen LogP contribution in [-0.4, -0.2) is 5.91 Å². The number of carbonyl (C=O) groups excluding carboxylic acids is 1. The number of nitrogens with one attached hydrogen (secondary N) is 1. The van der Waals surface area contributed by atoms with Crippen molar-refractivity contribution in [2.24, 2.45) is 0 Å². The Labute approximate surface area is 122 Å². The van der Waals surface area contributed by atoms with Crippen LogP contribution < -0.4 is 11.1 Å². The molecule has 1 rings (SSSR count). The first-order valence-electron chi connectivity index (χ1n) is 7.75. The molecule has 0 fully saturated rings. The summed E-state index contributed by atoms with van der Waals surface area (Å²) in [4.78, 5) is 11.8. The molecule has 0 aliphatic rings. The molecule has 0 aromatic heterocycles. The van der Waals surface area contributed by atoms with Gasteiger partial charge in [-0.2, -0.15) is 0 Å². The van der Waals surface area contributed by atoms with Gasteiger partial charge in [0.2, 0.25) is 5.91 Å². The van der Waals surface area contributed by atoms with Crippen molar-refractivity contribution in [3.63, 3.8) is 0 Å². The van der Waals surface area contributed by atoms with Crippen molar-refractivity contribution < 1.29 is 4.79 Å². The van der Waals surface area contributed by atoms with Gasteiger partial charge >= 0.3 is 0 Å². The summed E-state index contributed by atoms with van der Waals surface area (Å²) in [6, 6.07) is 5.82. The minimum atomic E-state index is 0.141. The lowest BCUT2D eigenvalue weighted by atomic mass is 10.1. The molecule has 0 saturated carbocycles. The summed E-state index contributed by atoms with van der Waals surface area (Å²) in [7, 11) is 0. The fourth-order valence-corrected chi connectivity index (χ4v) is 2.24. The number of hydrogen-bond donors (Lipinski definition) is 2. The van der Waals surface area contributed by atoms with Crippen LogP contribution in [0, 0.1) is 6.92 Å². The van der Waals surface area contributed by atoms with Gasteiger partial charge < -0.3 is 11.1 Å². The molecule has 0 atom stereocenters. The van der Waals surface area contributed by atoms with E-state index in [1.807, 2.05) is 25.1 Å². The average Bonchev–Trinajstić information content (AvgIpc) is 2.44. The molecule has 3 heteroatoms. The smallest absolute Gasteiger partial charge is 0.220 e. The van der Waals surface area contributed by atoms with Gasteiger partial charge in [0.15, 0.2) is 0 Å². The molecule has 0 heterocycles. The quantitative estimate of drug-likeness (QED) is 0.530. The summed E-state index contributed by atoms with van der Waals surface area (Å²) in [5.41, 5.74) is 8.80. The maximum atomic E-state index is 11.8. The second-order valence-corrected chi connectivity index (χ2v) is 5.43. The van der Waals surface area contributed by atoms with Crippen LogP contribution in [0.1, 0.15) is 63.0 Å². The number of nitrogens with two attached hydrogens (primary N) is 1. The van der Waals surface area contributed by atoms with E-state index in [4.69, 9.17) is 5.73 Å². The highest BCUT2D eigenvalue weighted by molar-refractivity contribution is 5.75. The fourth-order valence-electron chi connectivity index (χ4n) is 2.24. The molecule has 0 radical (unpaired) electrons. The van der Waals surface area contributed by atoms with Gasteiger partial charge in [-0.1, -0.05) is 51.2 Å². The van der Waals surface area contributed by atoms with Crippen molar-refractivity contribution in [1.82, 2.24) is 5.32 Å². The van der Waals surface area contributed by atoms with Gasteiger partial charge in [0.25, 0.3) is 0 Å². The molecule has 0 bridgehead atoms. The van der Waals surface area contributed by atoms with Crippen LogP contribution in [0.3, 0.4) is 0 Å². The molecule has 20 heavy (non-hydrogen) atoms. The van der Waals surface area contributed by atoms with Gasteiger partial charge in [-0.05, 0) is 30.5 Å². The topological polar surface area (TPSA) is 55.1 Å². The number of carbonyl (C=O) groups is 1. The second-order valence-electron chi connectivity index (χ2n) is 5.43. The van der Waals surface area contributed by atoms with E-state index in [1.165, 1.54) is 25.7 Å². The largest absolute Gasteiger partial charge is 0.399 e. The zero-order valence-corrected chi connectivity index (χ0v) is 12.9. The zero-order chi connectivity index (χ0) is 14.8. The van der Waals surface area contributed by atoms with Crippen LogP contribution in [0.25, 0.3) is 0 Å². The minimum absolute atomic E-state index is 0.141. The van der Waals surface area contributed by atoms with E-state index in [-0.39, 0.29) is 5.91 Å². The maximum absolute atomic E-state index is 11.8. The standard InChI is InChI=1S/C17H28N2O/c1-3-4-5-6-7-8-12-17(20)19-13-15-10-9-11-16(18)14(15)2/h9-11H,3-8,12-13,18H2,1-2H3,(H,19,20). The third-order valence-corrected chi connectivity index (χ3v) is 3.72.